The predicted molar refractivity (Wildman–Crippen MR) is 149 cm³/mol. The van der Waals surface area contributed by atoms with Crippen LogP contribution in [0.1, 0.15) is 49.6 Å². The second-order valence-electron chi connectivity index (χ2n) is 10.8. The highest BCUT2D eigenvalue weighted by Gasteiger charge is 2.35. The van der Waals surface area contributed by atoms with Gasteiger partial charge in [0.25, 0.3) is 0 Å². The zero-order chi connectivity index (χ0) is 29.6. The highest BCUT2D eigenvalue weighted by Crippen LogP contribution is 2.42. The van der Waals surface area contributed by atoms with E-state index in [0.717, 1.165) is 35.7 Å². The molecule has 216 valence electrons. The Bertz CT molecular complexity index is 1750. The molecule has 0 spiro atoms. The second-order valence-corrected chi connectivity index (χ2v) is 10.8. The van der Waals surface area contributed by atoms with E-state index < -0.39 is 17.6 Å². The van der Waals surface area contributed by atoms with Gasteiger partial charge in [0.1, 0.15) is 12.1 Å². The number of hydrogen-bond donors (Lipinski definition) is 1. The van der Waals surface area contributed by atoms with Crippen LogP contribution in [0.5, 0.6) is 0 Å². The van der Waals surface area contributed by atoms with Crippen molar-refractivity contribution < 1.29 is 17.6 Å². The van der Waals surface area contributed by atoms with Gasteiger partial charge in [0.05, 0.1) is 23.1 Å². The molecule has 8 nitrogen and oxygen atoms in total. The Balaban J connectivity index is 1.44. The number of nitrogens with zero attached hydrogens (tertiary/aromatic N) is 7. The lowest BCUT2D eigenvalue weighted by molar-refractivity contribution is -0.137. The van der Waals surface area contributed by atoms with Gasteiger partial charge in [0.2, 0.25) is 0 Å². The molecule has 1 N–H and O–H groups in total. The maximum absolute atomic E-state index is 14.4. The maximum atomic E-state index is 14.4. The summed E-state index contributed by atoms with van der Waals surface area (Å²) >= 11 is 0. The van der Waals surface area contributed by atoms with Crippen LogP contribution in [0.15, 0.2) is 61.2 Å². The average Bonchev–Trinajstić information content (AvgIpc) is 3.53. The zero-order valence-electron chi connectivity index (χ0n) is 23.2. The van der Waals surface area contributed by atoms with Crippen LogP contribution in [0.2, 0.25) is 0 Å². The molecule has 0 saturated heterocycles. The summed E-state index contributed by atoms with van der Waals surface area (Å²) in [6.07, 6.45) is 1.79. The number of aryl methyl sites for hydroxylation is 1. The van der Waals surface area contributed by atoms with E-state index in [1.54, 1.807) is 30.1 Å². The van der Waals surface area contributed by atoms with Crippen molar-refractivity contribution in [3.63, 3.8) is 0 Å². The molecule has 12 heteroatoms. The Morgan fingerprint density at radius 2 is 1.81 bits per heavy atom. The number of nitrogens with one attached hydrogen (secondary N) is 1. The molecule has 0 atom stereocenters. The SMILES string of the molecule is CC(C)NCc1ccc(C(F)(F)F)c(-c2cnn(-c3cc(-c4ccc(F)cc4-c4nncn4C)cc(C4CC4)n3)c2)n1. The van der Waals surface area contributed by atoms with E-state index in [4.69, 9.17) is 4.98 Å². The number of aromatic nitrogens is 7. The van der Waals surface area contributed by atoms with Gasteiger partial charge in [-0.3, -0.25) is 4.98 Å². The lowest BCUT2D eigenvalue weighted by atomic mass is 9.98. The molecule has 1 saturated carbocycles. The molecule has 4 aromatic heterocycles. The molecular weight excluding hydrogens is 548 g/mol. The smallest absolute Gasteiger partial charge is 0.317 e. The first kappa shape index (κ1) is 27.7. The summed E-state index contributed by atoms with van der Waals surface area (Å²) in [5.74, 6) is 0.778. The zero-order valence-corrected chi connectivity index (χ0v) is 23.2. The van der Waals surface area contributed by atoms with E-state index in [1.165, 1.54) is 35.3 Å². The Labute approximate surface area is 239 Å². The van der Waals surface area contributed by atoms with Crippen molar-refractivity contribution in [2.45, 2.75) is 51.4 Å². The highest BCUT2D eigenvalue weighted by molar-refractivity contribution is 5.81. The third kappa shape index (κ3) is 5.67. The van der Waals surface area contributed by atoms with Crippen molar-refractivity contribution in [1.82, 2.24) is 39.8 Å². The first-order valence-corrected chi connectivity index (χ1v) is 13.6. The van der Waals surface area contributed by atoms with Crippen LogP contribution in [0.3, 0.4) is 0 Å². The van der Waals surface area contributed by atoms with Crippen molar-refractivity contribution in [2.24, 2.45) is 7.05 Å². The molecule has 1 aliphatic carbocycles. The van der Waals surface area contributed by atoms with Crippen molar-refractivity contribution in [3.8, 4) is 39.6 Å². The van der Waals surface area contributed by atoms with E-state index in [0.29, 0.717) is 29.4 Å². The highest BCUT2D eigenvalue weighted by atomic mass is 19.4. The van der Waals surface area contributed by atoms with E-state index >= 15 is 0 Å². The molecule has 0 aliphatic heterocycles. The summed E-state index contributed by atoms with van der Waals surface area (Å²) in [5, 5.41) is 15.7. The van der Waals surface area contributed by atoms with E-state index in [-0.39, 0.29) is 23.2 Å². The van der Waals surface area contributed by atoms with Crippen LogP contribution in [-0.4, -0.2) is 40.6 Å². The van der Waals surface area contributed by atoms with E-state index in [1.807, 2.05) is 19.9 Å². The van der Waals surface area contributed by atoms with Gasteiger partial charge in [-0.25, -0.2) is 14.1 Å². The minimum Gasteiger partial charge on any atom is -0.317 e. The topological polar surface area (TPSA) is 86.3 Å². The number of hydrogen-bond acceptors (Lipinski definition) is 6. The predicted octanol–water partition coefficient (Wildman–Crippen LogP) is 6.33. The normalized spacial score (nSPS) is 13.7. The summed E-state index contributed by atoms with van der Waals surface area (Å²) in [5.41, 5.74) is 2.54. The van der Waals surface area contributed by atoms with Gasteiger partial charge in [-0.2, -0.15) is 18.3 Å². The molecule has 42 heavy (non-hydrogen) atoms. The quantitative estimate of drug-likeness (QED) is 0.218. The summed E-state index contributed by atoms with van der Waals surface area (Å²) in [6.45, 7) is 4.24. The molecule has 1 aromatic carbocycles. The Kier molecular flexibility index (Phi) is 7.09. The molecular formula is C30H28F4N8. The number of halogens is 4. The molecule has 1 fully saturated rings. The molecule has 0 unspecified atom stereocenters. The number of alkyl halides is 3. The fraction of sp³-hybridized carbons (Fsp3) is 0.300. The van der Waals surface area contributed by atoms with Crippen LogP contribution in [0, 0.1) is 5.82 Å². The summed E-state index contributed by atoms with van der Waals surface area (Å²) in [6, 6.07) is 10.8. The van der Waals surface area contributed by atoms with Crippen LogP contribution in [0.25, 0.3) is 39.6 Å². The van der Waals surface area contributed by atoms with Gasteiger partial charge in [0.15, 0.2) is 11.6 Å². The first-order chi connectivity index (χ1) is 20.1. The lowest BCUT2D eigenvalue weighted by Crippen LogP contribution is -2.22. The molecule has 0 amide bonds. The van der Waals surface area contributed by atoms with Gasteiger partial charge in [-0.1, -0.05) is 19.9 Å². The average molecular weight is 577 g/mol. The number of pyridine rings is 2. The summed E-state index contributed by atoms with van der Waals surface area (Å²) in [7, 11) is 1.78. The molecule has 6 rings (SSSR count). The first-order valence-electron chi connectivity index (χ1n) is 13.6. The standard InChI is InChI=1S/C30H28F4N8/c1-17(2)35-14-22-7-9-25(30(32,33)34)28(38-22)20-13-37-42(15-20)27-11-19(10-26(39-27)18-4-5-18)23-8-6-21(31)12-24(23)29-40-36-16-41(29)3/h6-13,15-18,35H,4-5,14H2,1-3H3. The summed E-state index contributed by atoms with van der Waals surface area (Å²) < 4.78 is 59.5. The van der Waals surface area contributed by atoms with Crippen molar-refractivity contribution in [3.05, 3.63) is 84.0 Å². The second kappa shape index (κ2) is 10.8. The lowest BCUT2D eigenvalue weighted by Gasteiger charge is -2.14. The van der Waals surface area contributed by atoms with Crippen LogP contribution in [-0.2, 0) is 19.8 Å². The van der Waals surface area contributed by atoms with E-state index in [2.05, 4.69) is 25.6 Å². The molecule has 5 aromatic rings. The fourth-order valence-electron chi connectivity index (χ4n) is 4.80. The summed E-state index contributed by atoms with van der Waals surface area (Å²) in [4.78, 5) is 9.16. The number of rotatable bonds is 8. The Hall–Kier alpha value is -4.45. The Morgan fingerprint density at radius 1 is 1.00 bits per heavy atom. The third-order valence-electron chi connectivity index (χ3n) is 7.11. The van der Waals surface area contributed by atoms with Crippen LogP contribution >= 0.6 is 0 Å². The maximum Gasteiger partial charge on any atom is 0.418 e. The minimum atomic E-state index is -4.59. The minimum absolute atomic E-state index is 0.148. The molecule has 0 bridgehead atoms. The molecule has 1 aliphatic rings. The fourth-order valence-corrected chi connectivity index (χ4v) is 4.80. The van der Waals surface area contributed by atoms with Crippen molar-refractivity contribution in [2.75, 3.05) is 0 Å². The largest absolute Gasteiger partial charge is 0.418 e. The van der Waals surface area contributed by atoms with Gasteiger partial charge < -0.3 is 9.88 Å². The van der Waals surface area contributed by atoms with Crippen molar-refractivity contribution in [1.29, 1.82) is 0 Å². The van der Waals surface area contributed by atoms with Crippen molar-refractivity contribution >= 4 is 0 Å². The molecule has 4 heterocycles. The van der Waals surface area contributed by atoms with Crippen LogP contribution < -0.4 is 5.32 Å². The van der Waals surface area contributed by atoms with Gasteiger partial charge in [-0.15, -0.1) is 10.2 Å². The molecule has 0 radical (unpaired) electrons. The Morgan fingerprint density at radius 3 is 2.50 bits per heavy atom. The number of benzene rings is 1. The van der Waals surface area contributed by atoms with Gasteiger partial charge in [-0.05, 0) is 60.4 Å². The third-order valence-corrected chi connectivity index (χ3v) is 7.11. The monoisotopic (exact) mass is 576 g/mol. The van der Waals surface area contributed by atoms with Gasteiger partial charge >= 0.3 is 6.18 Å². The van der Waals surface area contributed by atoms with E-state index in [9.17, 15) is 17.6 Å². The van der Waals surface area contributed by atoms with Gasteiger partial charge in [0, 0.05) is 48.6 Å². The van der Waals surface area contributed by atoms with Crippen LogP contribution in [0.4, 0.5) is 17.6 Å².